The van der Waals surface area contributed by atoms with Gasteiger partial charge in [0, 0.05) is 5.92 Å². The van der Waals surface area contributed by atoms with Gasteiger partial charge in [-0.15, -0.1) is 0 Å². The summed E-state index contributed by atoms with van der Waals surface area (Å²) in [6, 6.07) is 0. The molecule has 4 nitrogen and oxygen atoms in total. The Balaban J connectivity index is 2.06. The van der Waals surface area contributed by atoms with E-state index in [0.29, 0.717) is 5.57 Å². The van der Waals surface area contributed by atoms with Crippen LogP contribution in [0.15, 0.2) is 40.1 Å². The Morgan fingerprint density at radius 2 is 2.20 bits per heavy atom. The topological polar surface area (TPSA) is 58.9 Å². The molecule has 0 aromatic heterocycles. The first-order valence-electron chi connectivity index (χ1n) is 6.00. The number of hydrogen-bond donors (Lipinski definition) is 1. The number of halogens is 3. The normalized spacial score (nSPS) is 30.5. The summed E-state index contributed by atoms with van der Waals surface area (Å²) >= 11 is 0. The number of carbonyl (C=O) groups is 1. The van der Waals surface area contributed by atoms with Gasteiger partial charge >= 0.3 is 12.1 Å². The number of hydrogen-bond acceptors (Lipinski definition) is 4. The molecule has 3 aliphatic rings. The minimum absolute atomic E-state index is 0.0228. The molecule has 0 aromatic carbocycles. The first-order chi connectivity index (χ1) is 9.32. The summed E-state index contributed by atoms with van der Waals surface area (Å²) < 4.78 is 43.8. The smallest absolute Gasteiger partial charge is 0.433 e. The molecule has 20 heavy (non-hydrogen) atoms. The molecule has 2 aliphatic carbocycles. The maximum absolute atomic E-state index is 13.1. The van der Waals surface area contributed by atoms with Crippen molar-refractivity contribution in [3.05, 3.63) is 35.1 Å². The molecule has 106 valence electrons. The minimum atomic E-state index is -4.78. The predicted molar refractivity (Wildman–Crippen MR) is 63.2 cm³/mol. The first kappa shape index (κ1) is 13.0. The second-order valence-corrected chi connectivity index (χ2v) is 4.68. The third-order valence-electron chi connectivity index (χ3n) is 3.59. The van der Waals surface area contributed by atoms with Gasteiger partial charge in [0.1, 0.15) is 11.3 Å². The Hall–Kier alpha value is -2.05. The average Bonchev–Trinajstić information content (AvgIpc) is 2.91. The summed E-state index contributed by atoms with van der Waals surface area (Å²) in [7, 11) is 0. The van der Waals surface area contributed by atoms with Gasteiger partial charge in [-0.05, 0) is 18.6 Å². The van der Waals surface area contributed by atoms with Gasteiger partial charge in [-0.3, -0.25) is 4.99 Å². The van der Waals surface area contributed by atoms with Crippen molar-refractivity contribution in [2.45, 2.75) is 18.6 Å². The summed E-state index contributed by atoms with van der Waals surface area (Å²) in [6.07, 6.45) is -0.744. The van der Waals surface area contributed by atoms with E-state index in [2.05, 4.69) is 9.73 Å². The number of nitrogens with zero attached hydrogens (tertiary/aromatic N) is 1. The van der Waals surface area contributed by atoms with Gasteiger partial charge < -0.3 is 9.84 Å². The fourth-order valence-corrected chi connectivity index (χ4v) is 2.67. The van der Waals surface area contributed by atoms with E-state index in [-0.39, 0.29) is 12.4 Å². The molecule has 0 aromatic rings. The van der Waals surface area contributed by atoms with Crippen LogP contribution in [-0.2, 0) is 9.53 Å². The van der Waals surface area contributed by atoms with Crippen molar-refractivity contribution in [1.29, 1.82) is 0 Å². The molecule has 2 atom stereocenters. The molecule has 0 radical (unpaired) electrons. The monoisotopic (exact) mass is 285 g/mol. The van der Waals surface area contributed by atoms with E-state index < -0.39 is 34.9 Å². The molecule has 1 spiro atoms. The molecule has 0 bridgehead atoms. The van der Waals surface area contributed by atoms with Crippen molar-refractivity contribution >= 4 is 11.7 Å². The Morgan fingerprint density at radius 1 is 1.50 bits per heavy atom. The van der Waals surface area contributed by atoms with Crippen LogP contribution in [0.2, 0.25) is 0 Å². The molecule has 0 saturated heterocycles. The van der Waals surface area contributed by atoms with Crippen LogP contribution >= 0.6 is 0 Å². The summed E-state index contributed by atoms with van der Waals surface area (Å²) in [5.41, 5.74) is -2.65. The van der Waals surface area contributed by atoms with Crippen LogP contribution in [0.1, 0.15) is 6.92 Å². The maximum atomic E-state index is 13.1. The van der Waals surface area contributed by atoms with E-state index in [9.17, 15) is 23.1 Å². The molecule has 1 aliphatic heterocycles. The zero-order chi connectivity index (χ0) is 14.7. The summed E-state index contributed by atoms with van der Waals surface area (Å²) in [5, 5.41) is 9.73. The van der Waals surface area contributed by atoms with E-state index in [4.69, 9.17) is 0 Å². The Kier molecular flexibility index (Phi) is 2.42. The highest BCUT2D eigenvalue weighted by Gasteiger charge is 2.67. The lowest BCUT2D eigenvalue weighted by atomic mass is 10.0. The van der Waals surface area contributed by atoms with Crippen LogP contribution in [0.5, 0.6) is 0 Å². The third-order valence-corrected chi connectivity index (χ3v) is 3.59. The minimum Gasteiger partial charge on any atom is -0.509 e. The number of dihydropyridines is 1. The van der Waals surface area contributed by atoms with Crippen molar-refractivity contribution in [1.82, 2.24) is 0 Å². The average molecular weight is 285 g/mol. The molecule has 0 amide bonds. The first-order valence-corrected chi connectivity index (χ1v) is 6.00. The lowest BCUT2D eigenvalue weighted by Crippen LogP contribution is -2.34. The second kappa shape index (κ2) is 3.74. The largest absolute Gasteiger partial charge is 0.509 e. The van der Waals surface area contributed by atoms with Crippen molar-refractivity contribution in [2.75, 3.05) is 6.61 Å². The highest BCUT2D eigenvalue weighted by molar-refractivity contribution is 6.23. The number of aliphatic imine (C=N–C) groups is 1. The Morgan fingerprint density at radius 3 is 2.80 bits per heavy atom. The number of alkyl halides is 3. The number of aliphatic hydroxyl groups is 1. The summed E-state index contributed by atoms with van der Waals surface area (Å²) in [5.74, 6) is -1.76. The Bertz CT molecular complexity index is 627. The molecule has 3 rings (SSSR count). The molecular weight excluding hydrogens is 275 g/mol. The van der Waals surface area contributed by atoms with E-state index in [0.717, 1.165) is 0 Å². The number of carbonyl (C=O) groups excluding carboxylic acids is 1. The predicted octanol–water partition coefficient (Wildman–Crippen LogP) is 2.24. The SMILES string of the molecule is CCOC(=O)C1=C[C@@H]2C3=CC=C(O)[C@@]32N=C1C(F)(F)F. The van der Waals surface area contributed by atoms with E-state index in [1.54, 1.807) is 0 Å². The van der Waals surface area contributed by atoms with E-state index in [1.807, 2.05) is 0 Å². The van der Waals surface area contributed by atoms with Crippen LogP contribution in [0.3, 0.4) is 0 Å². The van der Waals surface area contributed by atoms with Crippen LogP contribution in [0, 0.1) is 5.92 Å². The summed E-state index contributed by atoms with van der Waals surface area (Å²) in [4.78, 5) is 15.3. The van der Waals surface area contributed by atoms with Crippen LogP contribution in [0.25, 0.3) is 0 Å². The van der Waals surface area contributed by atoms with Crippen LogP contribution in [0.4, 0.5) is 13.2 Å². The van der Waals surface area contributed by atoms with Crippen molar-refractivity contribution in [3.63, 3.8) is 0 Å². The molecule has 1 heterocycles. The van der Waals surface area contributed by atoms with Gasteiger partial charge in [0.25, 0.3) is 0 Å². The number of fused-ring (bicyclic) bond motifs is 1. The number of ether oxygens (including phenoxy) is 1. The van der Waals surface area contributed by atoms with Crippen LogP contribution in [-0.4, -0.2) is 35.1 Å². The standard InChI is InChI=1S/C13H10F3NO3/c1-2-20-11(19)6-5-8-7-3-4-9(18)12(7,8)17-10(6)13(14,15)16/h3-5,8,18H,2H2,1H3/t8-,12-/m1/s1. The second-order valence-electron chi connectivity index (χ2n) is 4.68. The van der Waals surface area contributed by atoms with Gasteiger partial charge in [0.05, 0.1) is 12.2 Å². The van der Waals surface area contributed by atoms with Gasteiger partial charge in [-0.25, -0.2) is 4.79 Å². The highest BCUT2D eigenvalue weighted by Crippen LogP contribution is 2.63. The molecule has 1 saturated carbocycles. The van der Waals surface area contributed by atoms with E-state index >= 15 is 0 Å². The zero-order valence-corrected chi connectivity index (χ0v) is 10.4. The molecule has 7 heteroatoms. The fourth-order valence-electron chi connectivity index (χ4n) is 2.67. The highest BCUT2D eigenvalue weighted by atomic mass is 19.4. The summed E-state index contributed by atoms with van der Waals surface area (Å²) in [6.45, 7) is 1.49. The van der Waals surface area contributed by atoms with Crippen LogP contribution < -0.4 is 0 Å². The van der Waals surface area contributed by atoms with Gasteiger partial charge in [-0.2, -0.15) is 13.2 Å². The maximum Gasteiger partial charge on any atom is 0.433 e. The number of allylic oxidation sites excluding steroid dienone is 2. The third kappa shape index (κ3) is 1.49. The van der Waals surface area contributed by atoms with Gasteiger partial charge in [0.2, 0.25) is 0 Å². The molecule has 1 N–H and O–H groups in total. The fraction of sp³-hybridized carbons (Fsp3) is 0.385. The molecule has 1 fully saturated rings. The quantitative estimate of drug-likeness (QED) is 0.792. The van der Waals surface area contributed by atoms with E-state index in [1.165, 1.54) is 25.2 Å². The molecule has 0 unspecified atom stereocenters. The van der Waals surface area contributed by atoms with Crippen molar-refractivity contribution in [3.8, 4) is 0 Å². The van der Waals surface area contributed by atoms with Crippen molar-refractivity contribution in [2.24, 2.45) is 10.9 Å². The zero-order valence-electron chi connectivity index (χ0n) is 10.4. The van der Waals surface area contributed by atoms with Crippen molar-refractivity contribution < 1.29 is 27.8 Å². The Labute approximate surface area is 111 Å². The number of rotatable bonds is 2. The lowest BCUT2D eigenvalue weighted by Gasteiger charge is -2.20. The number of esters is 1. The molecular formula is C13H10F3NO3. The van der Waals surface area contributed by atoms with Gasteiger partial charge in [-0.1, -0.05) is 12.2 Å². The number of aliphatic hydroxyl groups excluding tert-OH is 1. The lowest BCUT2D eigenvalue weighted by molar-refractivity contribution is -0.138. The van der Waals surface area contributed by atoms with Gasteiger partial charge in [0.15, 0.2) is 5.71 Å².